The van der Waals surface area contributed by atoms with Gasteiger partial charge < -0.3 is 15.1 Å². The quantitative estimate of drug-likeness (QED) is 0.617. The van der Waals surface area contributed by atoms with Crippen LogP contribution >= 0.6 is 0 Å². The Morgan fingerprint density at radius 2 is 1.56 bits per heavy atom. The highest BCUT2D eigenvalue weighted by atomic mass is 16.1. The molecule has 1 saturated heterocycles. The lowest BCUT2D eigenvalue weighted by Gasteiger charge is -2.36. The van der Waals surface area contributed by atoms with Crippen molar-refractivity contribution in [3.8, 4) is 0 Å². The number of carbonyl (C=O) groups excluding carboxylic acids is 1. The van der Waals surface area contributed by atoms with Gasteiger partial charge in [-0.3, -0.25) is 9.69 Å². The molecule has 1 N–H and O–H groups in total. The summed E-state index contributed by atoms with van der Waals surface area (Å²) >= 11 is 0. The summed E-state index contributed by atoms with van der Waals surface area (Å²) < 4.78 is 0. The van der Waals surface area contributed by atoms with Crippen LogP contribution in [0.1, 0.15) is 21.5 Å². The predicted molar refractivity (Wildman–Crippen MR) is 132 cm³/mol. The molecule has 1 heterocycles. The summed E-state index contributed by atoms with van der Waals surface area (Å²) in [6.07, 6.45) is 0. The molecule has 0 radical (unpaired) electrons. The molecule has 0 aromatic heterocycles. The monoisotopic (exact) mass is 428 g/mol. The van der Waals surface area contributed by atoms with Crippen molar-refractivity contribution in [2.24, 2.45) is 0 Å². The van der Waals surface area contributed by atoms with Crippen LogP contribution < -0.4 is 15.1 Å². The van der Waals surface area contributed by atoms with Gasteiger partial charge in [0.25, 0.3) is 5.91 Å². The van der Waals surface area contributed by atoms with Crippen LogP contribution in [0.3, 0.4) is 0 Å². The minimum absolute atomic E-state index is 0.0387. The maximum absolute atomic E-state index is 12.3. The fourth-order valence-electron chi connectivity index (χ4n) is 4.06. The first-order valence-corrected chi connectivity index (χ1v) is 11.2. The average molecular weight is 429 g/mol. The Bertz CT molecular complexity index is 1010. The molecule has 3 aromatic rings. The highest BCUT2D eigenvalue weighted by Crippen LogP contribution is 2.20. The van der Waals surface area contributed by atoms with Crippen molar-refractivity contribution in [3.63, 3.8) is 0 Å². The maximum Gasteiger partial charge on any atom is 0.251 e. The van der Waals surface area contributed by atoms with Crippen molar-refractivity contribution in [3.05, 3.63) is 95.6 Å². The fraction of sp³-hybridized carbons (Fsp3) is 0.296. The fourth-order valence-corrected chi connectivity index (χ4v) is 4.06. The number of benzene rings is 3. The van der Waals surface area contributed by atoms with Crippen LogP contribution in [0.2, 0.25) is 0 Å². The van der Waals surface area contributed by atoms with Crippen LogP contribution in [0.5, 0.6) is 0 Å². The molecule has 0 aliphatic carbocycles. The lowest BCUT2D eigenvalue weighted by atomic mass is 10.1. The first-order chi connectivity index (χ1) is 15.6. The van der Waals surface area contributed by atoms with Gasteiger partial charge in [-0.2, -0.15) is 0 Å². The summed E-state index contributed by atoms with van der Waals surface area (Å²) in [4.78, 5) is 19.4. The minimum atomic E-state index is -0.0387. The van der Waals surface area contributed by atoms with E-state index in [1.165, 1.54) is 16.9 Å². The van der Waals surface area contributed by atoms with E-state index in [0.717, 1.165) is 38.3 Å². The van der Waals surface area contributed by atoms with Gasteiger partial charge in [-0.1, -0.05) is 42.5 Å². The van der Waals surface area contributed by atoms with Gasteiger partial charge in [0.2, 0.25) is 0 Å². The van der Waals surface area contributed by atoms with Gasteiger partial charge in [-0.25, -0.2) is 0 Å². The molecule has 4 rings (SSSR count). The molecule has 5 nitrogen and oxygen atoms in total. The number of amides is 1. The number of hydrogen-bond acceptors (Lipinski definition) is 4. The second-order valence-corrected chi connectivity index (χ2v) is 8.54. The molecule has 0 spiro atoms. The van der Waals surface area contributed by atoms with Gasteiger partial charge in [0, 0.05) is 70.3 Å². The normalized spacial score (nSPS) is 14.2. The van der Waals surface area contributed by atoms with E-state index in [1.54, 1.807) is 0 Å². The summed E-state index contributed by atoms with van der Waals surface area (Å²) in [5.41, 5.74) is 5.64. The molecule has 5 heteroatoms. The summed E-state index contributed by atoms with van der Waals surface area (Å²) in [6.45, 7) is 5.64. The number of nitrogens with one attached hydrogen (secondary N) is 1. The van der Waals surface area contributed by atoms with Crippen LogP contribution in [0.4, 0.5) is 11.4 Å². The summed E-state index contributed by atoms with van der Waals surface area (Å²) in [7, 11) is 4.14. The van der Waals surface area contributed by atoms with E-state index in [1.807, 2.05) is 30.3 Å². The molecule has 0 bridgehead atoms. The molecule has 1 aliphatic rings. The lowest BCUT2D eigenvalue weighted by Crippen LogP contribution is -2.46. The van der Waals surface area contributed by atoms with Crippen LogP contribution in [0, 0.1) is 0 Å². The lowest BCUT2D eigenvalue weighted by molar-refractivity contribution is 0.0951. The third kappa shape index (κ3) is 5.68. The number of piperazine rings is 1. The van der Waals surface area contributed by atoms with Gasteiger partial charge in [-0.05, 0) is 47.5 Å². The second kappa shape index (κ2) is 10.3. The summed E-state index contributed by atoms with van der Waals surface area (Å²) in [5, 5.41) is 3.02. The largest absolute Gasteiger partial charge is 0.378 e. The molecule has 3 aromatic carbocycles. The number of carbonyl (C=O) groups is 1. The molecule has 1 amide bonds. The van der Waals surface area contributed by atoms with Crippen LogP contribution in [0.15, 0.2) is 78.9 Å². The standard InChI is InChI=1S/C27H32N4O/c1-29(2)25-13-11-22(12-14-25)21-30-15-17-31(18-16-30)26-10-6-7-23(19-26)20-28-27(32)24-8-4-3-5-9-24/h3-14,19H,15-18,20-21H2,1-2H3,(H,28,32). The van der Waals surface area contributed by atoms with Crippen molar-refractivity contribution < 1.29 is 4.79 Å². The first kappa shape index (κ1) is 21.9. The van der Waals surface area contributed by atoms with E-state index in [-0.39, 0.29) is 5.91 Å². The van der Waals surface area contributed by atoms with Crippen LogP contribution in [0.25, 0.3) is 0 Å². The average Bonchev–Trinajstić information content (AvgIpc) is 2.84. The molecule has 1 aliphatic heterocycles. The highest BCUT2D eigenvalue weighted by Gasteiger charge is 2.17. The Kier molecular flexibility index (Phi) is 7.07. The smallest absolute Gasteiger partial charge is 0.251 e. The van der Waals surface area contributed by atoms with Crippen LogP contribution in [-0.4, -0.2) is 51.1 Å². The molecule has 0 unspecified atom stereocenters. The predicted octanol–water partition coefficient (Wildman–Crippen LogP) is 4.00. The third-order valence-corrected chi connectivity index (χ3v) is 6.00. The molecular weight excluding hydrogens is 396 g/mol. The van der Waals surface area contributed by atoms with Crippen molar-refractivity contribution in [2.75, 3.05) is 50.1 Å². The molecule has 166 valence electrons. The molecule has 0 saturated carbocycles. The number of rotatable bonds is 7. The van der Waals surface area contributed by atoms with Crippen LogP contribution in [-0.2, 0) is 13.1 Å². The molecule has 32 heavy (non-hydrogen) atoms. The van der Waals surface area contributed by atoms with Crippen molar-refractivity contribution in [2.45, 2.75) is 13.1 Å². The van der Waals surface area contributed by atoms with Crippen molar-refractivity contribution in [1.82, 2.24) is 10.2 Å². The SMILES string of the molecule is CN(C)c1ccc(CN2CCN(c3cccc(CNC(=O)c4ccccc4)c3)CC2)cc1. The highest BCUT2D eigenvalue weighted by molar-refractivity contribution is 5.94. The Morgan fingerprint density at radius 1 is 0.844 bits per heavy atom. The van der Waals surface area contributed by atoms with E-state index in [0.29, 0.717) is 12.1 Å². The van der Waals surface area contributed by atoms with Gasteiger partial charge >= 0.3 is 0 Å². The van der Waals surface area contributed by atoms with E-state index < -0.39 is 0 Å². The van der Waals surface area contributed by atoms with E-state index in [9.17, 15) is 4.79 Å². The Morgan fingerprint density at radius 3 is 2.25 bits per heavy atom. The molecule has 0 atom stereocenters. The first-order valence-electron chi connectivity index (χ1n) is 11.2. The summed E-state index contributed by atoms with van der Waals surface area (Å²) in [6, 6.07) is 26.7. The van der Waals surface area contributed by atoms with E-state index in [4.69, 9.17) is 0 Å². The molecule has 1 fully saturated rings. The number of nitrogens with zero attached hydrogens (tertiary/aromatic N) is 3. The van der Waals surface area contributed by atoms with Gasteiger partial charge in [0.05, 0.1) is 0 Å². The Labute approximate surface area is 191 Å². The van der Waals surface area contributed by atoms with Crippen molar-refractivity contribution >= 4 is 17.3 Å². The van der Waals surface area contributed by atoms with Gasteiger partial charge in [0.1, 0.15) is 0 Å². The zero-order valence-electron chi connectivity index (χ0n) is 19.0. The van der Waals surface area contributed by atoms with E-state index in [2.05, 4.69) is 82.6 Å². The topological polar surface area (TPSA) is 38.8 Å². The number of anilines is 2. The van der Waals surface area contributed by atoms with E-state index >= 15 is 0 Å². The maximum atomic E-state index is 12.3. The molecular formula is C27H32N4O. The number of hydrogen-bond donors (Lipinski definition) is 1. The third-order valence-electron chi connectivity index (χ3n) is 6.00. The van der Waals surface area contributed by atoms with Gasteiger partial charge in [0.15, 0.2) is 0 Å². The minimum Gasteiger partial charge on any atom is -0.378 e. The van der Waals surface area contributed by atoms with Crippen molar-refractivity contribution in [1.29, 1.82) is 0 Å². The zero-order chi connectivity index (χ0) is 22.3. The second-order valence-electron chi connectivity index (χ2n) is 8.54. The zero-order valence-corrected chi connectivity index (χ0v) is 19.0. The summed E-state index contributed by atoms with van der Waals surface area (Å²) in [5.74, 6) is -0.0387. The Hall–Kier alpha value is -3.31. The van der Waals surface area contributed by atoms with Gasteiger partial charge in [-0.15, -0.1) is 0 Å². The Balaban J connectivity index is 1.28.